The van der Waals surface area contributed by atoms with Gasteiger partial charge in [-0.2, -0.15) is 4.68 Å². The summed E-state index contributed by atoms with van der Waals surface area (Å²) in [5.41, 5.74) is 0.302. The second-order valence-electron chi connectivity index (χ2n) is 3.23. The van der Waals surface area contributed by atoms with Gasteiger partial charge in [0, 0.05) is 5.02 Å². The fraction of sp³-hybridized carbons (Fsp3) is 0.182. The Hall–Kier alpha value is -1.88. The van der Waals surface area contributed by atoms with Crippen LogP contribution >= 0.6 is 11.6 Å². The predicted octanol–water partition coefficient (Wildman–Crippen LogP) is 1.88. The molecule has 0 amide bonds. The first-order valence-electron chi connectivity index (χ1n) is 5.03. The van der Waals surface area contributed by atoms with Crippen LogP contribution in [0.15, 0.2) is 34.4 Å². The Labute approximate surface area is 102 Å². The summed E-state index contributed by atoms with van der Waals surface area (Å²) >= 11 is 5.83. The monoisotopic (exact) mass is 251 g/mol. The second-order valence-corrected chi connectivity index (χ2v) is 3.67. The van der Waals surface area contributed by atoms with Crippen LogP contribution in [-0.4, -0.2) is 22.7 Å². The van der Waals surface area contributed by atoms with Crippen molar-refractivity contribution in [3.8, 4) is 0 Å². The van der Waals surface area contributed by atoms with E-state index in [0.717, 1.165) is 4.68 Å². The summed E-state index contributed by atoms with van der Waals surface area (Å²) in [6.07, 6.45) is 2.55. The van der Waals surface area contributed by atoms with Gasteiger partial charge < -0.3 is 4.74 Å². The van der Waals surface area contributed by atoms with E-state index in [1.807, 2.05) is 6.92 Å². The van der Waals surface area contributed by atoms with Crippen LogP contribution in [0, 0.1) is 0 Å². The van der Waals surface area contributed by atoms with Gasteiger partial charge >= 0.3 is 0 Å². The number of rotatable bonds is 3. The molecule has 0 aliphatic carbocycles. The Morgan fingerprint density at radius 1 is 1.59 bits per heavy atom. The normalized spacial score (nSPS) is 11.2. The Morgan fingerprint density at radius 2 is 2.41 bits per heavy atom. The summed E-state index contributed by atoms with van der Waals surface area (Å²) in [5.74, 6) is 0. The van der Waals surface area contributed by atoms with Crippen LogP contribution in [0.4, 0.5) is 0 Å². The molecule has 5 nitrogen and oxygen atoms in total. The molecule has 0 aliphatic heterocycles. The van der Waals surface area contributed by atoms with Crippen LogP contribution in [0.5, 0.6) is 0 Å². The van der Waals surface area contributed by atoms with E-state index in [4.69, 9.17) is 16.3 Å². The largest absolute Gasteiger partial charge is 0.482 e. The van der Waals surface area contributed by atoms with Crippen LogP contribution in [0.3, 0.4) is 0 Å². The zero-order valence-corrected chi connectivity index (χ0v) is 9.89. The van der Waals surface area contributed by atoms with E-state index in [1.165, 1.54) is 12.7 Å². The van der Waals surface area contributed by atoms with Gasteiger partial charge in [0.05, 0.1) is 17.5 Å². The predicted molar refractivity (Wildman–Crippen MR) is 66.5 cm³/mol. The summed E-state index contributed by atoms with van der Waals surface area (Å²) < 4.78 is 6.03. The van der Waals surface area contributed by atoms with E-state index in [2.05, 4.69) is 10.1 Å². The van der Waals surface area contributed by atoms with E-state index in [-0.39, 0.29) is 5.56 Å². The standard InChI is InChI=1S/C11H10ClN3O2/c1-2-17-7-14-15-6-13-10-4-3-8(12)5-9(10)11(15)16/h3-7H,2H2,1H3/b14-7+. The van der Waals surface area contributed by atoms with Crippen molar-refractivity contribution in [3.63, 3.8) is 0 Å². The lowest BCUT2D eigenvalue weighted by Gasteiger charge is -2.00. The van der Waals surface area contributed by atoms with E-state index in [0.29, 0.717) is 22.5 Å². The zero-order chi connectivity index (χ0) is 12.3. The highest BCUT2D eigenvalue weighted by Crippen LogP contribution is 2.13. The number of hydrogen-bond donors (Lipinski definition) is 0. The van der Waals surface area contributed by atoms with E-state index >= 15 is 0 Å². The molecule has 0 saturated heterocycles. The van der Waals surface area contributed by atoms with Crippen LogP contribution in [0.1, 0.15) is 6.92 Å². The van der Waals surface area contributed by atoms with Crippen molar-refractivity contribution >= 4 is 28.9 Å². The molecule has 6 heteroatoms. The van der Waals surface area contributed by atoms with Crippen LogP contribution in [-0.2, 0) is 4.74 Å². The quantitative estimate of drug-likeness (QED) is 0.618. The van der Waals surface area contributed by atoms with Crippen LogP contribution in [0.2, 0.25) is 5.02 Å². The van der Waals surface area contributed by atoms with E-state index < -0.39 is 0 Å². The number of nitrogens with zero attached hydrogens (tertiary/aromatic N) is 3. The molecule has 0 unspecified atom stereocenters. The Morgan fingerprint density at radius 3 is 3.18 bits per heavy atom. The molecule has 1 aromatic heterocycles. The number of hydrogen-bond acceptors (Lipinski definition) is 4. The lowest BCUT2D eigenvalue weighted by Crippen LogP contribution is -2.17. The summed E-state index contributed by atoms with van der Waals surface area (Å²) in [6.45, 7) is 2.32. The summed E-state index contributed by atoms with van der Waals surface area (Å²) in [4.78, 5) is 16.1. The highest BCUT2D eigenvalue weighted by molar-refractivity contribution is 6.31. The molecule has 2 aromatic rings. The van der Waals surface area contributed by atoms with Gasteiger partial charge in [-0.05, 0) is 25.1 Å². The van der Waals surface area contributed by atoms with Gasteiger partial charge in [0.25, 0.3) is 5.56 Å². The third-order valence-electron chi connectivity index (χ3n) is 2.12. The minimum Gasteiger partial charge on any atom is -0.482 e. The molecule has 1 heterocycles. The summed E-state index contributed by atoms with van der Waals surface area (Å²) in [5, 5.41) is 4.74. The van der Waals surface area contributed by atoms with Crippen LogP contribution < -0.4 is 5.56 Å². The average molecular weight is 252 g/mol. The smallest absolute Gasteiger partial charge is 0.281 e. The molecule has 0 spiro atoms. The second kappa shape index (κ2) is 4.97. The molecule has 0 aliphatic rings. The Kier molecular flexibility index (Phi) is 3.39. The maximum absolute atomic E-state index is 12.0. The minimum atomic E-state index is -0.284. The molecule has 88 valence electrons. The van der Waals surface area contributed by atoms with Gasteiger partial charge in [-0.3, -0.25) is 4.79 Å². The van der Waals surface area contributed by atoms with E-state index in [9.17, 15) is 4.79 Å². The first-order chi connectivity index (χ1) is 8.22. The number of ether oxygens (including phenoxy) is 1. The molecule has 0 fully saturated rings. The van der Waals surface area contributed by atoms with Gasteiger partial charge in [0.2, 0.25) is 0 Å². The number of fused-ring (bicyclic) bond motifs is 1. The van der Waals surface area contributed by atoms with Crippen molar-refractivity contribution in [3.05, 3.63) is 39.9 Å². The van der Waals surface area contributed by atoms with Gasteiger partial charge in [0.15, 0.2) is 6.40 Å². The van der Waals surface area contributed by atoms with Gasteiger partial charge in [-0.25, -0.2) is 4.98 Å². The van der Waals surface area contributed by atoms with Crippen molar-refractivity contribution in [1.82, 2.24) is 9.66 Å². The fourth-order valence-corrected chi connectivity index (χ4v) is 1.50. The first kappa shape index (κ1) is 11.6. The fourth-order valence-electron chi connectivity index (χ4n) is 1.33. The molecule has 0 N–H and O–H groups in total. The van der Waals surface area contributed by atoms with Crippen molar-refractivity contribution < 1.29 is 4.74 Å². The lowest BCUT2D eigenvalue weighted by atomic mass is 10.2. The van der Waals surface area contributed by atoms with Crippen molar-refractivity contribution in [2.24, 2.45) is 5.10 Å². The Bertz CT molecular complexity index is 622. The third kappa shape index (κ3) is 2.45. The molecule has 1 aromatic carbocycles. The number of aromatic nitrogens is 2. The first-order valence-corrected chi connectivity index (χ1v) is 5.41. The number of benzene rings is 1. The minimum absolute atomic E-state index is 0.284. The van der Waals surface area contributed by atoms with Gasteiger partial charge in [0.1, 0.15) is 6.33 Å². The van der Waals surface area contributed by atoms with Crippen molar-refractivity contribution in [2.75, 3.05) is 6.61 Å². The summed E-state index contributed by atoms with van der Waals surface area (Å²) in [7, 11) is 0. The van der Waals surface area contributed by atoms with Gasteiger partial charge in [-0.15, -0.1) is 5.10 Å². The molecule has 2 rings (SSSR count). The van der Waals surface area contributed by atoms with Crippen LogP contribution in [0.25, 0.3) is 10.9 Å². The van der Waals surface area contributed by atoms with Crippen molar-refractivity contribution in [1.29, 1.82) is 0 Å². The molecule has 0 bridgehead atoms. The molecule has 0 radical (unpaired) electrons. The molecular formula is C11H10ClN3O2. The summed E-state index contributed by atoms with van der Waals surface area (Å²) in [6, 6.07) is 4.94. The highest BCUT2D eigenvalue weighted by Gasteiger charge is 2.03. The highest BCUT2D eigenvalue weighted by atomic mass is 35.5. The Balaban J connectivity index is 2.53. The number of halogens is 1. The average Bonchev–Trinajstić information content (AvgIpc) is 2.33. The lowest BCUT2D eigenvalue weighted by molar-refractivity contribution is 0.340. The molecule has 17 heavy (non-hydrogen) atoms. The SMILES string of the molecule is CCO/C=N/n1cnc2ccc(Cl)cc2c1=O. The third-order valence-corrected chi connectivity index (χ3v) is 2.35. The molecular weight excluding hydrogens is 242 g/mol. The molecule has 0 atom stereocenters. The van der Waals surface area contributed by atoms with Gasteiger partial charge in [-0.1, -0.05) is 11.6 Å². The van der Waals surface area contributed by atoms with E-state index in [1.54, 1.807) is 18.2 Å². The topological polar surface area (TPSA) is 56.5 Å². The maximum atomic E-state index is 12.0. The zero-order valence-electron chi connectivity index (χ0n) is 9.13. The molecule has 0 saturated carbocycles. The van der Waals surface area contributed by atoms with Crippen molar-refractivity contribution in [2.45, 2.75) is 6.92 Å². The maximum Gasteiger partial charge on any atom is 0.281 e.